The zero-order chi connectivity index (χ0) is 13.1. The molecule has 0 aliphatic heterocycles. The monoisotopic (exact) mass is 246 g/mol. The van der Waals surface area contributed by atoms with Crippen LogP contribution >= 0.6 is 0 Å². The summed E-state index contributed by atoms with van der Waals surface area (Å²) < 4.78 is 0. The van der Waals surface area contributed by atoms with E-state index in [1.54, 1.807) is 0 Å². The summed E-state index contributed by atoms with van der Waals surface area (Å²) in [5, 5.41) is 2.89. The number of carbonyl (C=O) groups excluding carboxylic acids is 1. The predicted octanol–water partition coefficient (Wildman–Crippen LogP) is 1.33. The van der Waals surface area contributed by atoms with E-state index in [0.29, 0.717) is 0 Å². The molecule has 1 amide bonds. The van der Waals surface area contributed by atoms with Gasteiger partial charge >= 0.3 is 0 Å². The molecule has 96 valence electrons. The van der Waals surface area contributed by atoms with Crippen molar-refractivity contribution in [3.63, 3.8) is 0 Å². The minimum atomic E-state index is -0.172. The molecule has 0 fully saturated rings. The van der Waals surface area contributed by atoms with Crippen LogP contribution in [0.1, 0.15) is 25.7 Å². The number of amides is 1. The molecule has 0 radical (unpaired) electrons. The van der Waals surface area contributed by atoms with Crippen LogP contribution in [-0.4, -0.2) is 22.4 Å². The lowest BCUT2D eigenvalue weighted by Crippen LogP contribution is -2.36. The Balaban J connectivity index is 2.32. The van der Waals surface area contributed by atoms with Gasteiger partial charge in [-0.15, -0.1) is 0 Å². The molecule has 5 heteroatoms. The summed E-state index contributed by atoms with van der Waals surface area (Å²) in [4.78, 5) is 19.2. The summed E-state index contributed by atoms with van der Waals surface area (Å²) in [5.74, 6) is 0.836. The Bertz CT molecular complexity index is 514. The van der Waals surface area contributed by atoms with Crippen molar-refractivity contribution in [2.45, 2.75) is 19.9 Å². The number of hydrogen-bond acceptors (Lipinski definition) is 3. The molecule has 1 aromatic carbocycles. The standard InChI is InChI=1S/C13H18N4O/c1-8(2)12(17-11(18)7-14)13-15-9-5-3-4-6-10(9)16-13/h3-6,8,12H,7,14H2,1-2H3,(H,15,16)(H,17,18). The minimum absolute atomic E-state index is 0.0105. The molecule has 2 rings (SSSR count). The molecule has 0 spiro atoms. The molecule has 18 heavy (non-hydrogen) atoms. The summed E-state index contributed by atoms with van der Waals surface area (Å²) in [6.07, 6.45) is 0. The molecule has 0 aliphatic carbocycles. The fraction of sp³-hybridized carbons (Fsp3) is 0.385. The van der Waals surface area contributed by atoms with E-state index in [0.717, 1.165) is 16.9 Å². The first kappa shape index (κ1) is 12.6. The molecule has 4 N–H and O–H groups in total. The number of para-hydroxylation sites is 2. The molecule has 0 bridgehead atoms. The van der Waals surface area contributed by atoms with Gasteiger partial charge in [-0.05, 0) is 18.1 Å². The smallest absolute Gasteiger partial charge is 0.234 e. The van der Waals surface area contributed by atoms with Crippen LogP contribution in [0.2, 0.25) is 0 Å². The molecular formula is C13H18N4O. The number of H-pyrrole nitrogens is 1. The van der Waals surface area contributed by atoms with Crippen LogP contribution in [0.3, 0.4) is 0 Å². The second-order valence-electron chi connectivity index (χ2n) is 4.63. The zero-order valence-electron chi connectivity index (χ0n) is 10.6. The van der Waals surface area contributed by atoms with E-state index in [-0.39, 0.29) is 24.4 Å². The van der Waals surface area contributed by atoms with Gasteiger partial charge in [0.25, 0.3) is 0 Å². The van der Waals surface area contributed by atoms with E-state index >= 15 is 0 Å². The second kappa shape index (κ2) is 5.18. The minimum Gasteiger partial charge on any atom is -0.345 e. The number of benzene rings is 1. The molecule has 1 atom stereocenters. The third kappa shape index (κ3) is 2.51. The highest BCUT2D eigenvalue weighted by atomic mass is 16.1. The first-order valence-electron chi connectivity index (χ1n) is 6.06. The summed E-state index contributed by atoms with van der Waals surface area (Å²) in [6.45, 7) is 4.06. The number of imidazole rings is 1. The summed E-state index contributed by atoms with van der Waals surface area (Å²) >= 11 is 0. The number of nitrogens with zero attached hydrogens (tertiary/aromatic N) is 1. The second-order valence-corrected chi connectivity index (χ2v) is 4.63. The highest BCUT2D eigenvalue weighted by Gasteiger charge is 2.21. The number of nitrogens with two attached hydrogens (primary N) is 1. The van der Waals surface area contributed by atoms with E-state index in [1.165, 1.54) is 0 Å². The lowest BCUT2D eigenvalue weighted by molar-refractivity contribution is -0.120. The van der Waals surface area contributed by atoms with Crippen LogP contribution < -0.4 is 11.1 Å². The maximum atomic E-state index is 11.4. The summed E-state index contributed by atoms with van der Waals surface area (Å²) in [5.41, 5.74) is 7.21. The van der Waals surface area contributed by atoms with Gasteiger partial charge in [-0.2, -0.15) is 0 Å². The number of fused-ring (bicyclic) bond motifs is 1. The molecular weight excluding hydrogens is 228 g/mol. The molecule has 1 aromatic heterocycles. The third-order valence-corrected chi connectivity index (χ3v) is 2.87. The first-order valence-corrected chi connectivity index (χ1v) is 6.06. The van der Waals surface area contributed by atoms with Crippen LogP contribution in [0.25, 0.3) is 11.0 Å². The Labute approximate surface area is 106 Å². The molecule has 1 unspecified atom stereocenters. The summed E-state index contributed by atoms with van der Waals surface area (Å²) in [7, 11) is 0. The van der Waals surface area contributed by atoms with Crippen molar-refractivity contribution in [3.8, 4) is 0 Å². The third-order valence-electron chi connectivity index (χ3n) is 2.87. The Morgan fingerprint density at radius 2 is 2.17 bits per heavy atom. The van der Waals surface area contributed by atoms with Crippen molar-refractivity contribution < 1.29 is 4.79 Å². The van der Waals surface area contributed by atoms with Crippen LogP contribution in [0, 0.1) is 5.92 Å². The Morgan fingerprint density at radius 1 is 1.44 bits per heavy atom. The van der Waals surface area contributed by atoms with Crippen molar-refractivity contribution >= 4 is 16.9 Å². The van der Waals surface area contributed by atoms with Crippen LogP contribution in [0.5, 0.6) is 0 Å². The average Bonchev–Trinajstić information content (AvgIpc) is 2.78. The van der Waals surface area contributed by atoms with E-state index in [9.17, 15) is 4.79 Å². The normalized spacial score (nSPS) is 12.9. The van der Waals surface area contributed by atoms with E-state index in [1.807, 2.05) is 38.1 Å². The van der Waals surface area contributed by atoms with Gasteiger partial charge in [-0.25, -0.2) is 4.98 Å². The molecule has 0 saturated heterocycles. The highest BCUT2D eigenvalue weighted by Crippen LogP contribution is 2.21. The van der Waals surface area contributed by atoms with Crippen molar-refractivity contribution in [3.05, 3.63) is 30.1 Å². The van der Waals surface area contributed by atoms with Gasteiger partial charge in [0.2, 0.25) is 5.91 Å². The quantitative estimate of drug-likeness (QED) is 0.761. The molecule has 5 nitrogen and oxygen atoms in total. The zero-order valence-corrected chi connectivity index (χ0v) is 10.6. The number of aromatic amines is 1. The largest absolute Gasteiger partial charge is 0.345 e. The molecule has 0 saturated carbocycles. The van der Waals surface area contributed by atoms with Crippen LogP contribution in [0.4, 0.5) is 0 Å². The average molecular weight is 246 g/mol. The van der Waals surface area contributed by atoms with Crippen LogP contribution in [0.15, 0.2) is 24.3 Å². The van der Waals surface area contributed by atoms with Gasteiger partial charge in [-0.1, -0.05) is 26.0 Å². The number of rotatable bonds is 4. The number of aromatic nitrogens is 2. The number of hydrogen-bond donors (Lipinski definition) is 3. The van der Waals surface area contributed by atoms with Gasteiger partial charge in [0.1, 0.15) is 5.82 Å². The number of carbonyl (C=O) groups is 1. The van der Waals surface area contributed by atoms with Crippen molar-refractivity contribution in [2.75, 3.05) is 6.54 Å². The Kier molecular flexibility index (Phi) is 3.62. The molecule has 2 aromatic rings. The van der Waals surface area contributed by atoms with E-state index in [4.69, 9.17) is 5.73 Å². The molecule has 0 aliphatic rings. The van der Waals surface area contributed by atoms with Gasteiger partial charge in [0.15, 0.2) is 0 Å². The highest BCUT2D eigenvalue weighted by molar-refractivity contribution is 5.79. The Hall–Kier alpha value is -1.88. The van der Waals surface area contributed by atoms with Crippen molar-refractivity contribution in [1.82, 2.24) is 15.3 Å². The lowest BCUT2D eigenvalue weighted by atomic mass is 10.0. The maximum absolute atomic E-state index is 11.4. The van der Waals surface area contributed by atoms with Crippen molar-refractivity contribution in [2.24, 2.45) is 11.7 Å². The lowest BCUT2D eigenvalue weighted by Gasteiger charge is -2.19. The van der Waals surface area contributed by atoms with Gasteiger partial charge < -0.3 is 16.0 Å². The topological polar surface area (TPSA) is 83.8 Å². The summed E-state index contributed by atoms with van der Waals surface area (Å²) in [6, 6.07) is 7.66. The first-order chi connectivity index (χ1) is 8.61. The fourth-order valence-corrected chi connectivity index (χ4v) is 1.90. The van der Waals surface area contributed by atoms with Gasteiger partial charge in [0.05, 0.1) is 23.6 Å². The number of nitrogens with one attached hydrogen (secondary N) is 2. The van der Waals surface area contributed by atoms with Gasteiger partial charge in [-0.3, -0.25) is 4.79 Å². The van der Waals surface area contributed by atoms with Crippen LogP contribution in [-0.2, 0) is 4.79 Å². The van der Waals surface area contributed by atoms with Crippen molar-refractivity contribution in [1.29, 1.82) is 0 Å². The molecule has 1 heterocycles. The fourth-order valence-electron chi connectivity index (χ4n) is 1.90. The SMILES string of the molecule is CC(C)C(NC(=O)CN)c1nc2ccccc2[nH]1. The van der Waals surface area contributed by atoms with Gasteiger partial charge in [0, 0.05) is 0 Å². The predicted molar refractivity (Wildman–Crippen MR) is 70.9 cm³/mol. The Morgan fingerprint density at radius 3 is 2.78 bits per heavy atom. The van der Waals surface area contributed by atoms with E-state index < -0.39 is 0 Å². The van der Waals surface area contributed by atoms with E-state index in [2.05, 4.69) is 15.3 Å². The maximum Gasteiger partial charge on any atom is 0.234 e.